The number of benzene rings is 2. The van der Waals surface area contributed by atoms with Crippen LogP contribution in [0.15, 0.2) is 64.3 Å². The number of anilines is 1. The molecule has 3 aromatic rings. The van der Waals surface area contributed by atoms with E-state index in [2.05, 4.69) is 10.3 Å². The minimum Gasteiger partial charge on any atom is -0.497 e. The molecule has 8 heteroatoms. The minimum atomic E-state index is -0.725. The number of ether oxygens (including phenoxy) is 2. The Balaban J connectivity index is 1.90. The standard InChI is InChI=1S/C20H19N3O5/c1-3-28-16-8-4-13(5-9-16)22-18(24)17-12-21-20(26)23(19(17)25)14-6-10-15(27-2)11-7-14/h4-12H,3H2,1-2H3,(H,21,26)(H,22,24). The molecule has 0 radical (unpaired) electrons. The zero-order valence-corrected chi connectivity index (χ0v) is 15.4. The molecule has 0 atom stereocenters. The number of nitrogens with zero attached hydrogens (tertiary/aromatic N) is 1. The number of rotatable bonds is 6. The van der Waals surface area contributed by atoms with Gasteiger partial charge in [-0.1, -0.05) is 0 Å². The van der Waals surface area contributed by atoms with Gasteiger partial charge in [0, 0.05) is 11.9 Å². The monoisotopic (exact) mass is 381 g/mol. The topological polar surface area (TPSA) is 102 Å². The quantitative estimate of drug-likeness (QED) is 0.681. The molecule has 8 nitrogen and oxygen atoms in total. The van der Waals surface area contributed by atoms with Crippen molar-refractivity contribution in [3.63, 3.8) is 0 Å². The molecular weight excluding hydrogens is 362 g/mol. The van der Waals surface area contributed by atoms with Crippen LogP contribution >= 0.6 is 0 Å². The van der Waals surface area contributed by atoms with Crippen LogP contribution in [-0.4, -0.2) is 29.2 Å². The van der Waals surface area contributed by atoms with Gasteiger partial charge >= 0.3 is 5.69 Å². The van der Waals surface area contributed by atoms with E-state index in [-0.39, 0.29) is 5.56 Å². The first kappa shape index (κ1) is 19.0. The first-order valence-electron chi connectivity index (χ1n) is 8.57. The molecule has 1 heterocycles. The van der Waals surface area contributed by atoms with Gasteiger partial charge in [0.2, 0.25) is 0 Å². The Morgan fingerprint density at radius 3 is 2.29 bits per heavy atom. The first-order valence-corrected chi connectivity index (χ1v) is 8.57. The van der Waals surface area contributed by atoms with Crippen LogP contribution in [0.4, 0.5) is 5.69 Å². The molecule has 28 heavy (non-hydrogen) atoms. The Labute approximate surface area is 160 Å². The molecule has 0 saturated heterocycles. The summed E-state index contributed by atoms with van der Waals surface area (Å²) in [4.78, 5) is 39.9. The summed E-state index contributed by atoms with van der Waals surface area (Å²) in [5.41, 5.74) is -0.743. The molecule has 1 amide bonds. The summed E-state index contributed by atoms with van der Waals surface area (Å²) in [6, 6.07) is 13.1. The molecule has 2 aromatic carbocycles. The second-order valence-corrected chi connectivity index (χ2v) is 5.76. The van der Waals surface area contributed by atoms with E-state index in [1.165, 1.54) is 7.11 Å². The van der Waals surface area contributed by atoms with Gasteiger partial charge in [-0.3, -0.25) is 9.59 Å². The number of H-pyrrole nitrogens is 1. The molecule has 1 aromatic heterocycles. The maximum Gasteiger partial charge on any atom is 0.333 e. The number of amides is 1. The lowest BCUT2D eigenvalue weighted by molar-refractivity contribution is 0.102. The summed E-state index contributed by atoms with van der Waals surface area (Å²) in [6.07, 6.45) is 1.11. The van der Waals surface area contributed by atoms with Gasteiger partial charge in [0.1, 0.15) is 17.1 Å². The predicted molar refractivity (Wildman–Crippen MR) is 105 cm³/mol. The third-order valence-corrected chi connectivity index (χ3v) is 3.98. The van der Waals surface area contributed by atoms with Gasteiger partial charge in [-0.25, -0.2) is 9.36 Å². The number of methoxy groups -OCH3 is 1. The van der Waals surface area contributed by atoms with Gasteiger partial charge < -0.3 is 19.8 Å². The van der Waals surface area contributed by atoms with E-state index in [0.29, 0.717) is 29.5 Å². The molecule has 0 spiro atoms. The Morgan fingerprint density at radius 2 is 1.68 bits per heavy atom. The highest BCUT2D eigenvalue weighted by molar-refractivity contribution is 6.03. The average Bonchev–Trinajstić information content (AvgIpc) is 2.70. The van der Waals surface area contributed by atoms with E-state index in [1.807, 2.05) is 6.92 Å². The normalized spacial score (nSPS) is 10.4. The lowest BCUT2D eigenvalue weighted by atomic mass is 10.2. The van der Waals surface area contributed by atoms with E-state index in [0.717, 1.165) is 10.8 Å². The van der Waals surface area contributed by atoms with Crippen molar-refractivity contribution in [2.24, 2.45) is 0 Å². The second kappa shape index (κ2) is 8.26. The smallest absolute Gasteiger partial charge is 0.333 e. The van der Waals surface area contributed by atoms with Gasteiger partial charge in [0.05, 0.1) is 19.4 Å². The number of carbonyl (C=O) groups excluding carboxylic acids is 1. The highest BCUT2D eigenvalue weighted by Gasteiger charge is 2.16. The Hall–Kier alpha value is -3.81. The van der Waals surface area contributed by atoms with Gasteiger partial charge in [-0.2, -0.15) is 0 Å². The highest BCUT2D eigenvalue weighted by Crippen LogP contribution is 2.16. The fraction of sp³-hybridized carbons (Fsp3) is 0.150. The fourth-order valence-electron chi connectivity index (χ4n) is 2.60. The Bertz CT molecular complexity index is 1080. The zero-order valence-electron chi connectivity index (χ0n) is 15.4. The molecule has 0 aliphatic heterocycles. The van der Waals surface area contributed by atoms with Crippen LogP contribution in [0.1, 0.15) is 17.3 Å². The second-order valence-electron chi connectivity index (χ2n) is 5.76. The van der Waals surface area contributed by atoms with Crippen molar-refractivity contribution in [3.8, 4) is 17.2 Å². The number of hydrogen-bond acceptors (Lipinski definition) is 5. The van der Waals surface area contributed by atoms with E-state index in [1.54, 1.807) is 48.5 Å². The molecule has 0 saturated carbocycles. The van der Waals surface area contributed by atoms with E-state index in [9.17, 15) is 14.4 Å². The van der Waals surface area contributed by atoms with Crippen molar-refractivity contribution >= 4 is 11.6 Å². The molecular formula is C20H19N3O5. The van der Waals surface area contributed by atoms with Gasteiger partial charge in [-0.15, -0.1) is 0 Å². The maximum atomic E-state index is 12.7. The maximum absolute atomic E-state index is 12.7. The molecule has 0 aliphatic rings. The van der Waals surface area contributed by atoms with Crippen LogP contribution in [-0.2, 0) is 0 Å². The Kier molecular flexibility index (Phi) is 5.59. The van der Waals surface area contributed by atoms with Crippen LogP contribution in [0.25, 0.3) is 5.69 Å². The van der Waals surface area contributed by atoms with Crippen LogP contribution in [0.2, 0.25) is 0 Å². The van der Waals surface area contributed by atoms with Crippen molar-refractivity contribution in [1.82, 2.24) is 9.55 Å². The van der Waals surface area contributed by atoms with E-state index in [4.69, 9.17) is 9.47 Å². The summed E-state index contributed by atoms with van der Waals surface area (Å²) in [5, 5.41) is 2.63. The van der Waals surface area contributed by atoms with E-state index >= 15 is 0 Å². The molecule has 0 bridgehead atoms. The number of aromatic amines is 1. The summed E-state index contributed by atoms with van der Waals surface area (Å²) in [5.74, 6) is 0.622. The van der Waals surface area contributed by atoms with E-state index < -0.39 is 17.2 Å². The fourth-order valence-corrected chi connectivity index (χ4v) is 2.60. The van der Waals surface area contributed by atoms with Crippen molar-refractivity contribution in [3.05, 3.63) is 81.1 Å². The highest BCUT2D eigenvalue weighted by atomic mass is 16.5. The van der Waals surface area contributed by atoms with Crippen molar-refractivity contribution < 1.29 is 14.3 Å². The van der Waals surface area contributed by atoms with Gasteiger partial charge in [-0.05, 0) is 55.5 Å². The summed E-state index contributed by atoms with van der Waals surface area (Å²) >= 11 is 0. The minimum absolute atomic E-state index is 0.190. The predicted octanol–water partition coefficient (Wildman–Crippen LogP) is 2.19. The van der Waals surface area contributed by atoms with Crippen LogP contribution in [0.3, 0.4) is 0 Å². The number of carbonyl (C=O) groups is 1. The lowest BCUT2D eigenvalue weighted by Crippen LogP contribution is -2.38. The number of hydrogen-bond donors (Lipinski definition) is 2. The van der Waals surface area contributed by atoms with Crippen molar-refractivity contribution in [1.29, 1.82) is 0 Å². The molecule has 0 fully saturated rings. The van der Waals surface area contributed by atoms with Gasteiger partial charge in [0.15, 0.2) is 0 Å². The first-order chi connectivity index (χ1) is 13.5. The molecule has 3 rings (SSSR count). The molecule has 0 unspecified atom stereocenters. The number of aromatic nitrogens is 2. The summed E-state index contributed by atoms with van der Waals surface area (Å²) in [7, 11) is 1.51. The zero-order chi connectivity index (χ0) is 20.1. The molecule has 0 aliphatic carbocycles. The van der Waals surface area contributed by atoms with Gasteiger partial charge in [0.25, 0.3) is 11.5 Å². The molecule has 2 N–H and O–H groups in total. The van der Waals surface area contributed by atoms with Crippen LogP contribution in [0, 0.1) is 0 Å². The lowest BCUT2D eigenvalue weighted by Gasteiger charge is -2.09. The SMILES string of the molecule is CCOc1ccc(NC(=O)c2c[nH]c(=O)n(-c3ccc(OC)cc3)c2=O)cc1. The molecule has 144 valence electrons. The average molecular weight is 381 g/mol. The Morgan fingerprint density at radius 1 is 1.04 bits per heavy atom. The summed E-state index contributed by atoms with van der Waals surface area (Å²) in [6.45, 7) is 2.41. The summed E-state index contributed by atoms with van der Waals surface area (Å²) < 4.78 is 11.3. The van der Waals surface area contributed by atoms with Crippen molar-refractivity contribution in [2.45, 2.75) is 6.92 Å². The van der Waals surface area contributed by atoms with Crippen LogP contribution in [0.5, 0.6) is 11.5 Å². The number of nitrogens with one attached hydrogen (secondary N) is 2. The third kappa shape index (κ3) is 3.96. The third-order valence-electron chi connectivity index (χ3n) is 3.98. The largest absolute Gasteiger partial charge is 0.497 e. The van der Waals surface area contributed by atoms with Crippen LogP contribution < -0.4 is 26.0 Å². The van der Waals surface area contributed by atoms with Crippen molar-refractivity contribution in [2.75, 3.05) is 19.0 Å².